The van der Waals surface area contributed by atoms with Gasteiger partial charge in [0.2, 0.25) is 0 Å². The molecule has 0 aliphatic heterocycles. The first-order valence-electron chi connectivity index (χ1n) is 17.3. The second-order valence-electron chi connectivity index (χ2n) is 13.0. The lowest BCUT2D eigenvalue weighted by molar-refractivity contribution is -0.763. The molecule has 53 heavy (non-hydrogen) atoms. The van der Waals surface area contributed by atoms with Crippen LogP contribution < -0.4 is 5.32 Å². The smallest absolute Gasteiger partial charge is 0.308 e. The topological polar surface area (TPSA) is 153 Å². The average Bonchev–Trinajstić information content (AvgIpc) is 3.49. The zero-order chi connectivity index (χ0) is 37.9. The fourth-order valence-electron chi connectivity index (χ4n) is 6.28. The number of nitrogens with one attached hydrogen (secondary N) is 1. The monoisotopic (exact) mass is 723 g/mol. The van der Waals surface area contributed by atoms with Gasteiger partial charge in [0.25, 0.3) is 11.0 Å². The Bertz CT molecular complexity index is 1980. The molecule has 1 aromatic heterocycles. The van der Waals surface area contributed by atoms with Crippen LogP contribution in [-0.2, 0) is 34.1 Å². The molecule has 0 aliphatic carbocycles. The number of para-hydroxylation sites is 1. The van der Waals surface area contributed by atoms with E-state index in [4.69, 9.17) is 4.74 Å². The number of halogens is 1. The van der Waals surface area contributed by atoms with Crippen LogP contribution >= 0.6 is 0 Å². The van der Waals surface area contributed by atoms with Crippen molar-refractivity contribution >= 4 is 17.6 Å². The number of rotatable bonds is 17. The molecule has 11 nitrogen and oxygen atoms in total. The van der Waals surface area contributed by atoms with Crippen LogP contribution in [0.1, 0.15) is 66.2 Å². The molecule has 5 aromatic rings. The maximum atomic E-state index is 14.2. The van der Waals surface area contributed by atoms with E-state index < -0.39 is 29.1 Å². The summed E-state index contributed by atoms with van der Waals surface area (Å²) in [5, 5.41) is 34.4. The van der Waals surface area contributed by atoms with Gasteiger partial charge in [0.15, 0.2) is 0 Å². The quantitative estimate of drug-likeness (QED) is 0.0502. The van der Waals surface area contributed by atoms with Gasteiger partial charge in [0.05, 0.1) is 29.9 Å². The fourth-order valence-corrected chi connectivity index (χ4v) is 6.28. The molecular formula is C41H42FN3O8. The number of anilines is 1. The molecule has 0 fully saturated rings. The Morgan fingerprint density at radius 3 is 2.04 bits per heavy atom. The Labute approximate surface area is 306 Å². The lowest BCUT2D eigenvalue weighted by Gasteiger charge is -2.20. The minimum atomic E-state index is -1.18. The van der Waals surface area contributed by atoms with Gasteiger partial charge in [0, 0.05) is 23.5 Å². The maximum Gasteiger partial charge on any atom is 0.308 e. The van der Waals surface area contributed by atoms with Gasteiger partial charge in [-0.1, -0.05) is 86.6 Å². The van der Waals surface area contributed by atoms with E-state index in [0.29, 0.717) is 39.2 Å². The number of aliphatic hydroxyl groups is 2. The minimum Gasteiger partial charge on any atom is -0.461 e. The normalized spacial score (nSPS) is 12.3. The third-order valence-corrected chi connectivity index (χ3v) is 8.68. The highest BCUT2D eigenvalue weighted by molar-refractivity contribution is 6.12. The summed E-state index contributed by atoms with van der Waals surface area (Å²) in [4.78, 5) is 41.5. The van der Waals surface area contributed by atoms with E-state index in [1.165, 1.54) is 12.1 Å². The molecule has 0 unspecified atom stereocenters. The Kier molecular flexibility index (Phi) is 13.1. The van der Waals surface area contributed by atoms with Gasteiger partial charge in [-0.2, -0.15) is 0 Å². The lowest BCUT2D eigenvalue weighted by atomic mass is 9.94. The molecule has 3 N–H and O–H groups in total. The molecule has 0 bridgehead atoms. The van der Waals surface area contributed by atoms with E-state index in [1.807, 2.05) is 79.1 Å². The van der Waals surface area contributed by atoms with Gasteiger partial charge in [-0.25, -0.2) is 4.39 Å². The van der Waals surface area contributed by atoms with Crippen molar-refractivity contribution in [2.75, 3.05) is 5.32 Å². The van der Waals surface area contributed by atoms with Gasteiger partial charge in [-0.15, -0.1) is 10.1 Å². The molecule has 1 heterocycles. The minimum absolute atomic E-state index is 0.0633. The highest BCUT2D eigenvalue weighted by Crippen LogP contribution is 2.42. The molecule has 276 valence electrons. The predicted molar refractivity (Wildman–Crippen MR) is 198 cm³/mol. The number of aliphatic hydroxyl groups excluding tert-OH is 2. The summed E-state index contributed by atoms with van der Waals surface area (Å²) < 4.78 is 21.5. The summed E-state index contributed by atoms with van der Waals surface area (Å²) in [6.07, 6.45) is -2.46. The summed E-state index contributed by atoms with van der Waals surface area (Å²) in [7, 11) is 0. The van der Waals surface area contributed by atoms with Crippen molar-refractivity contribution in [2.45, 2.75) is 71.0 Å². The maximum absolute atomic E-state index is 14.2. The third-order valence-electron chi connectivity index (χ3n) is 8.68. The number of esters is 1. The molecule has 5 rings (SSSR count). The van der Waals surface area contributed by atoms with Crippen molar-refractivity contribution < 1.29 is 38.9 Å². The van der Waals surface area contributed by atoms with Crippen molar-refractivity contribution in [1.82, 2.24) is 4.57 Å². The van der Waals surface area contributed by atoms with E-state index in [-0.39, 0.29) is 50.8 Å². The molecule has 1 amide bonds. The number of hydrogen-bond donors (Lipinski definition) is 3. The second-order valence-corrected chi connectivity index (χ2v) is 13.0. The van der Waals surface area contributed by atoms with Gasteiger partial charge in [-0.05, 0) is 77.4 Å². The molecule has 0 saturated carbocycles. The van der Waals surface area contributed by atoms with Gasteiger partial charge >= 0.3 is 5.97 Å². The first-order valence-corrected chi connectivity index (χ1v) is 17.3. The van der Waals surface area contributed by atoms with E-state index in [2.05, 4.69) is 10.2 Å². The molecule has 0 radical (unpaired) electrons. The van der Waals surface area contributed by atoms with E-state index in [9.17, 15) is 34.3 Å². The standard InChI is InChI=1S/C41H42FN3O8/c1-27(2)39-38(41(49)43-33-11-7-4-8-12-33)37(30-9-5-3-6-10-30)40(31-17-19-32(42)20-18-31)44(39)22-21-34(46)23-35(47)24-36(48)52-25-28-13-15-29(16-14-28)26-53-45(50)51/h3-20,27,34-35,46-47H,21-26H2,1-2H3,(H,43,49)/t34-,35-/m0/s1. The number of carbonyl (C=O) groups is 2. The highest BCUT2D eigenvalue weighted by Gasteiger charge is 2.31. The van der Waals surface area contributed by atoms with Crippen molar-refractivity contribution in [2.24, 2.45) is 0 Å². The largest absolute Gasteiger partial charge is 0.461 e. The summed E-state index contributed by atoms with van der Waals surface area (Å²) in [5.41, 5.74) is 5.88. The number of nitrogens with zero attached hydrogens (tertiary/aromatic N) is 2. The van der Waals surface area contributed by atoms with E-state index in [1.54, 1.807) is 36.4 Å². The van der Waals surface area contributed by atoms with Crippen LogP contribution in [0, 0.1) is 15.9 Å². The number of hydrogen-bond acceptors (Lipinski definition) is 8. The van der Waals surface area contributed by atoms with Crippen LogP contribution in [0.4, 0.5) is 10.1 Å². The third kappa shape index (κ3) is 10.4. The van der Waals surface area contributed by atoms with E-state index >= 15 is 0 Å². The van der Waals surface area contributed by atoms with Crippen molar-refractivity contribution in [3.63, 3.8) is 0 Å². The number of benzene rings is 4. The first kappa shape index (κ1) is 38.4. The summed E-state index contributed by atoms with van der Waals surface area (Å²) in [6.45, 7) is 3.96. The van der Waals surface area contributed by atoms with Crippen LogP contribution in [0.15, 0.2) is 109 Å². The molecule has 0 saturated heterocycles. The molecular weight excluding hydrogens is 681 g/mol. The number of amides is 1. The summed E-state index contributed by atoms with van der Waals surface area (Å²) in [6, 6.07) is 31.3. The molecule has 2 atom stereocenters. The number of carbonyl (C=O) groups excluding carboxylic acids is 2. The highest BCUT2D eigenvalue weighted by atomic mass is 19.1. The van der Waals surface area contributed by atoms with Crippen LogP contribution in [0.25, 0.3) is 22.4 Å². The first-order chi connectivity index (χ1) is 25.5. The summed E-state index contributed by atoms with van der Waals surface area (Å²) >= 11 is 0. The van der Waals surface area contributed by atoms with Crippen molar-refractivity contribution in [3.05, 3.63) is 148 Å². The lowest BCUT2D eigenvalue weighted by Crippen LogP contribution is -2.23. The average molecular weight is 724 g/mol. The Morgan fingerprint density at radius 2 is 1.43 bits per heavy atom. The van der Waals surface area contributed by atoms with Gasteiger partial charge in [-0.3, -0.25) is 9.59 Å². The number of ether oxygens (including phenoxy) is 1. The SMILES string of the molecule is CC(C)c1c(C(=O)Nc2ccccc2)c(-c2ccccc2)c(-c2ccc(F)cc2)n1CC[C@H](O)C[C@H](O)CC(=O)OCc1ccc(CO[N+](=O)[O-])cc1. The molecule has 0 spiro atoms. The zero-order valence-corrected chi connectivity index (χ0v) is 29.5. The van der Waals surface area contributed by atoms with Crippen molar-refractivity contribution in [1.29, 1.82) is 0 Å². The number of aromatic nitrogens is 1. The van der Waals surface area contributed by atoms with Crippen LogP contribution in [0.2, 0.25) is 0 Å². The second kappa shape index (κ2) is 18.1. The van der Waals surface area contributed by atoms with Crippen LogP contribution in [-0.4, -0.2) is 44.0 Å². The van der Waals surface area contributed by atoms with Gasteiger partial charge in [0.1, 0.15) is 19.0 Å². The summed E-state index contributed by atoms with van der Waals surface area (Å²) in [5.74, 6) is -1.51. The Morgan fingerprint density at radius 1 is 0.830 bits per heavy atom. The predicted octanol–water partition coefficient (Wildman–Crippen LogP) is 7.68. The fraction of sp³-hybridized carbons (Fsp3) is 0.268. The van der Waals surface area contributed by atoms with Crippen LogP contribution in [0.5, 0.6) is 0 Å². The molecule has 12 heteroatoms. The molecule has 4 aromatic carbocycles. The Balaban J connectivity index is 1.35. The zero-order valence-electron chi connectivity index (χ0n) is 29.5. The Hall–Kier alpha value is -5.85. The van der Waals surface area contributed by atoms with Gasteiger partial charge < -0.3 is 29.7 Å². The van der Waals surface area contributed by atoms with Crippen molar-refractivity contribution in [3.8, 4) is 22.4 Å². The van der Waals surface area contributed by atoms with E-state index in [0.717, 1.165) is 11.3 Å². The molecule has 0 aliphatic rings. The van der Waals surface area contributed by atoms with Crippen LogP contribution in [0.3, 0.4) is 0 Å².